The maximum Gasteiger partial charge on any atom is 0.161 e. The number of aliphatic hydroxyl groups is 1. The molecule has 0 bridgehead atoms. The maximum atomic E-state index is 10.3. The van der Waals surface area contributed by atoms with Crippen LogP contribution in [0, 0.1) is 0 Å². The van der Waals surface area contributed by atoms with E-state index in [2.05, 4.69) is 10.3 Å². The number of phenols is 1. The lowest BCUT2D eigenvalue weighted by molar-refractivity contribution is 0.106. The van der Waals surface area contributed by atoms with Gasteiger partial charge in [-0.2, -0.15) is 0 Å². The van der Waals surface area contributed by atoms with Gasteiger partial charge in [-0.25, -0.2) is 0 Å². The molecule has 7 nitrogen and oxygen atoms in total. The quantitative estimate of drug-likeness (QED) is 0.293. The second kappa shape index (κ2) is 9.59. The molecule has 3 aromatic carbocycles. The Morgan fingerprint density at radius 1 is 0.935 bits per heavy atom. The van der Waals surface area contributed by atoms with Gasteiger partial charge in [-0.15, -0.1) is 0 Å². The molecule has 1 atom stereocenters. The molecule has 4 rings (SSSR count). The Bertz CT molecular complexity index is 1160. The number of aromatic nitrogens is 1. The van der Waals surface area contributed by atoms with Gasteiger partial charge in [0, 0.05) is 24.0 Å². The summed E-state index contributed by atoms with van der Waals surface area (Å²) in [7, 11) is 1.61. The van der Waals surface area contributed by atoms with Gasteiger partial charge in [0.2, 0.25) is 0 Å². The molecular weight excluding hydrogens is 396 g/mol. The van der Waals surface area contributed by atoms with Gasteiger partial charge in [0.05, 0.1) is 18.0 Å². The van der Waals surface area contributed by atoms with Crippen LogP contribution in [0.1, 0.15) is 0 Å². The van der Waals surface area contributed by atoms with Crippen molar-refractivity contribution in [3.63, 3.8) is 0 Å². The third-order valence-corrected chi connectivity index (χ3v) is 5.02. The van der Waals surface area contributed by atoms with Gasteiger partial charge in [-0.1, -0.05) is 30.3 Å². The number of H-pyrrole nitrogens is 1. The lowest BCUT2D eigenvalue weighted by Crippen LogP contribution is -2.33. The summed E-state index contributed by atoms with van der Waals surface area (Å²) in [6, 6.07) is 18.6. The summed E-state index contributed by atoms with van der Waals surface area (Å²) in [5.41, 5.74) is 1.54. The van der Waals surface area contributed by atoms with Crippen LogP contribution in [-0.2, 0) is 0 Å². The van der Waals surface area contributed by atoms with Crippen LogP contribution in [0.25, 0.3) is 21.8 Å². The van der Waals surface area contributed by atoms with Gasteiger partial charge in [0.25, 0.3) is 0 Å². The van der Waals surface area contributed by atoms with Crippen molar-refractivity contribution in [3.8, 4) is 23.0 Å². The van der Waals surface area contributed by atoms with E-state index in [1.165, 1.54) is 0 Å². The summed E-state index contributed by atoms with van der Waals surface area (Å²) in [6.45, 7) is 1.51. The fourth-order valence-electron chi connectivity index (χ4n) is 3.52. The molecule has 31 heavy (non-hydrogen) atoms. The number of rotatable bonds is 10. The van der Waals surface area contributed by atoms with Gasteiger partial charge in [-0.3, -0.25) is 0 Å². The molecule has 1 heterocycles. The molecule has 0 fully saturated rings. The molecule has 7 heteroatoms. The number of hydrogen-bond donors (Lipinski definition) is 4. The zero-order valence-corrected chi connectivity index (χ0v) is 17.3. The predicted octanol–water partition coefficient (Wildman–Crippen LogP) is 3.44. The highest BCUT2D eigenvalue weighted by molar-refractivity contribution is 6.12. The number of aromatic amines is 1. The number of nitrogens with one attached hydrogen (secondary N) is 2. The summed E-state index contributed by atoms with van der Waals surface area (Å²) in [4.78, 5) is 3.22. The minimum atomic E-state index is -0.694. The van der Waals surface area contributed by atoms with Crippen molar-refractivity contribution in [1.29, 1.82) is 0 Å². The third-order valence-electron chi connectivity index (χ3n) is 5.02. The van der Waals surface area contributed by atoms with E-state index >= 15 is 0 Å². The molecule has 0 unspecified atom stereocenters. The Balaban J connectivity index is 1.29. The number of benzene rings is 3. The van der Waals surface area contributed by atoms with Crippen LogP contribution in [0.4, 0.5) is 0 Å². The van der Waals surface area contributed by atoms with E-state index in [0.717, 1.165) is 16.3 Å². The lowest BCUT2D eigenvalue weighted by Gasteiger charge is -2.15. The molecule has 0 aliphatic carbocycles. The second-order valence-corrected chi connectivity index (χ2v) is 7.17. The van der Waals surface area contributed by atoms with Crippen LogP contribution in [-0.4, -0.2) is 54.7 Å². The lowest BCUT2D eigenvalue weighted by atomic mass is 10.1. The first kappa shape index (κ1) is 20.8. The topological polar surface area (TPSA) is 96.0 Å². The molecule has 0 saturated heterocycles. The molecule has 0 radical (unpaired) electrons. The largest absolute Gasteiger partial charge is 0.506 e. The number of aromatic hydroxyl groups is 1. The van der Waals surface area contributed by atoms with Crippen LogP contribution in [0.5, 0.6) is 23.0 Å². The van der Waals surface area contributed by atoms with Crippen molar-refractivity contribution in [2.24, 2.45) is 0 Å². The number of methoxy groups -OCH3 is 1. The van der Waals surface area contributed by atoms with E-state index in [9.17, 15) is 10.2 Å². The average Bonchev–Trinajstić information content (AvgIpc) is 3.19. The SMILES string of the molecule is COc1ccccc1OCCNC[C@@H](O)COc1ccc(O)c2[nH]c3ccccc3c12. The summed E-state index contributed by atoms with van der Waals surface area (Å²) >= 11 is 0. The molecule has 0 aliphatic heterocycles. The van der Waals surface area contributed by atoms with Gasteiger partial charge >= 0.3 is 0 Å². The molecule has 162 valence electrons. The average molecular weight is 422 g/mol. The van der Waals surface area contributed by atoms with Crippen molar-refractivity contribution in [3.05, 3.63) is 60.7 Å². The zero-order chi connectivity index (χ0) is 21.6. The smallest absolute Gasteiger partial charge is 0.161 e. The van der Waals surface area contributed by atoms with Crippen molar-refractivity contribution >= 4 is 21.8 Å². The van der Waals surface area contributed by atoms with Gasteiger partial charge in [-0.05, 0) is 30.3 Å². The van der Waals surface area contributed by atoms with E-state index < -0.39 is 6.10 Å². The molecule has 0 amide bonds. The first-order valence-corrected chi connectivity index (χ1v) is 10.2. The zero-order valence-electron chi connectivity index (χ0n) is 17.3. The predicted molar refractivity (Wildman–Crippen MR) is 120 cm³/mol. The number of aliphatic hydroxyl groups excluding tert-OH is 1. The monoisotopic (exact) mass is 422 g/mol. The summed E-state index contributed by atoms with van der Waals surface area (Å²) in [5.74, 6) is 2.15. The Morgan fingerprint density at radius 3 is 2.55 bits per heavy atom. The van der Waals surface area contributed by atoms with Crippen LogP contribution in [0.2, 0.25) is 0 Å². The van der Waals surface area contributed by atoms with Crippen LogP contribution >= 0.6 is 0 Å². The number of ether oxygens (including phenoxy) is 3. The van der Waals surface area contributed by atoms with E-state index in [4.69, 9.17) is 14.2 Å². The minimum Gasteiger partial charge on any atom is -0.506 e. The van der Waals surface area contributed by atoms with E-state index in [1.807, 2.05) is 48.5 Å². The first-order valence-electron chi connectivity index (χ1n) is 10.2. The van der Waals surface area contributed by atoms with Crippen LogP contribution in [0.3, 0.4) is 0 Å². The number of phenolic OH excluding ortho intramolecular Hbond substituents is 1. The Kier molecular flexibility index (Phi) is 6.45. The maximum absolute atomic E-state index is 10.3. The molecule has 4 aromatic rings. The second-order valence-electron chi connectivity index (χ2n) is 7.17. The molecular formula is C24H26N2O5. The Labute approximate surface area is 180 Å². The molecule has 0 aliphatic rings. The van der Waals surface area contributed by atoms with E-state index in [-0.39, 0.29) is 12.4 Å². The summed E-state index contributed by atoms with van der Waals surface area (Å²) in [5, 5.41) is 25.4. The van der Waals surface area contributed by atoms with Gasteiger partial charge < -0.3 is 34.7 Å². The number of fused-ring (bicyclic) bond motifs is 3. The highest BCUT2D eigenvalue weighted by Gasteiger charge is 2.14. The highest BCUT2D eigenvalue weighted by Crippen LogP contribution is 2.37. The molecule has 0 saturated carbocycles. The third kappa shape index (κ3) is 4.68. The fourth-order valence-corrected chi connectivity index (χ4v) is 3.52. The van der Waals surface area contributed by atoms with E-state index in [0.29, 0.717) is 42.5 Å². The Hall–Kier alpha value is -3.42. The van der Waals surface area contributed by atoms with Crippen LogP contribution < -0.4 is 19.5 Å². The van der Waals surface area contributed by atoms with E-state index in [1.54, 1.807) is 19.2 Å². The van der Waals surface area contributed by atoms with Crippen LogP contribution in [0.15, 0.2) is 60.7 Å². The highest BCUT2D eigenvalue weighted by atomic mass is 16.5. The summed E-state index contributed by atoms with van der Waals surface area (Å²) in [6.07, 6.45) is -0.694. The normalized spacial score (nSPS) is 12.2. The van der Waals surface area contributed by atoms with Crippen molar-refractivity contribution in [2.75, 3.05) is 33.4 Å². The summed E-state index contributed by atoms with van der Waals surface area (Å²) < 4.78 is 16.8. The number of para-hydroxylation sites is 3. The minimum absolute atomic E-state index is 0.125. The Morgan fingerprint density at radius 2 is 1.71 bits per heavy atom. The fraction of sp³-hybridized carbons (Fsp3) is 0.250. The number of hydrogen-bond acceptors (Lipinski definition) is 6. The van der Waals surface area contributed by atoms with Crippen molar-refractivity contribution in [1.82, 2.24) is 10.3 Å². The molecule has 0 spiro atoms. The van der Waals surface area contributed by atoms with Gasteiger partial charge in [0.15, 0.2) is 11.5 Å². The standard InChI is InChI=1S/C24H26N2O5/c1-29-20-8-4-5-9-21(20)30-13-12-25-14-16(27)15-31-22-11-10-19(28)24-23(22)17-6-2-3-7-18(17)26-24/h2-11,16,25-28H,12-15H2,1H3/t16-/m1/s1. The van der Waals surface area contributed by atoms with Crippen molar-refractivity contribution in [2.45, 2.75) is 6.10 Å². The molecule has 4 N–H and O–H groups in total. The molecule has 1 aromatic heterocycles. The van der Waals surface area contributed by atoms with Crippen molar-refractivity contribution < 1.29 is 24.4 Å². The van der Waals surface area contributed by atoms with Gasteiger partial charge in [0.1, 0.15) is 30.8 Å². The first-order chi connectivity index (χ1) is 15.2.